The van der Waals surface area contributed by atoms with Gasteiger partial charge in [0.15, 0.2) is 5.82 Å². The molecule has 12 nitrogen and oxygen atoms in total. The Hall–Kier alpha value is -5.21. The van der Waals surface area contributed by atoms with Crippen LogP contribution in [0.15, 0.2) is 53.5 Å². The van der Waals surface area contributed by atoms with Crippen molar-refractivity contribution in [1.29, 1.82) is 5.41 Å². The molecule has 8 N–H and O–H groups in total. The number of carbonyl (C=O) groups is 3. The number of alkyl halides is 3. The highest BCUT2D eigenvalue weighted by molar-refractivity contribution is 5.97. The summed E-state index contributed by atoms with van der Waals surface area (Å²) in [5.74, 6) is -2.36. The second kappa shape index (κ2) is 16.2. The number of ketones is 1. The molecule has 0 aliphatic rings. The molecule has 0 aliphatic heterocycles. The fraction of sp³-hybridized carbons (Fsp3) is 0.355. The van der Waals surface area contributed by atoms with E-state index in [9.17, 15) is 32.3 Å². The van der Waals surface area contributed by atoms with Crippen molar-refractivity contribution in [1.82, 2.24) is 20.2 Å². The molecule has 15 heteroatoms. The van der Waals surface area contributed by atoms with E-state index in [1.165, 1.54) is 10.8 Å². The van der Waals surface area contributed by atoms with Crippen LogP contribution in [0.1, 0.15) is 62.5 Å². The summed E-state index contributed by atoms with van der Waals surface area (Å²) < 4.78 is 33.8. The van der Waals surface area contributed by atoms with Gasteiger partial charge in [-0.2, -0.15) is 13.2 Å². The number of hydrogen-bond donors (Lipinski definition) is 6. The molecule has 1 aromatic heterocycles. The van der Waals surface area contributed by atoms with E-state index >= 15 is 0 Å². The van der Waals surface area contributed by atoms with E-state index in [4.69, 9.17) is 16.9 Å². The van der Waals surface area contributed by atoms with Crippen molar-refractivity contribution in [3.05, 3.63) is 75.7 Å². The Morgan fingerprint density at radius 2 is 1.65 bits per heavy atom. The van der Waals surface area contributed by atoms with Crippen LogP contribution < -0.4 is 33.0 Å². The van der Waals surface area contributed by atoms with Crippen LogP contribution in [0.2, 0.25) is 0 Å². The normalized spacial score (nSPS) is 11.6. The maximum Gasteiger partial charge on any atom is 0.449 e. The topological polar surface area (TPSA) is 198 Å². The Morgan fingerprint density at radius 3 is 2.17 bits per heavy atom. The summed E-state index contributed by atoms with van der Waals surface area (Å²) in [7, 11) is 0. The predicted octanol–water partition coefficient (Wildman–Crippen LogP) is 3.58. The summed E-state index contributed by atoms with van der Waals surface area (Å²) in [6, 6.07) is 11.7. The lowest BCUT2D eigenvalue weighted by atomic mass is 10.1. The Balaban J connectivity index is 0.000000942. The molecule has 46 heavy (non-hydrogen) atoms. The fourth-order valence-corrected chi connectivity index (χ4v) is 3.79. The SMILES string of the molecule is CC(=O)C(F)(F)F.CCC(C)NC(=O)c1cc(N)cc(-c2cnc(NC(C)C)c(=O)n2CC(=O)NCc2ccc(C(=N)N)cc2)c1. The van der Waals surface area contributed by atoms with E-state index in [0.717, 1.165) is 12.0 Å². The molecule has 0 fully saturated rings. The van der Waals surface area contributed by atoms with E-state index in [2.05, 4.69) is 20.9 Å². The molecule has 0 radical (unpaired) electrons. The van der Waals surface area contributed by atoms with Gasteiger partial charge < -0.3 is 27.4 Å². The molecular formula is C31H39F3N8O4. The first-order valence-electron chi connectivity index (χ1n) is 14.3. The van der Waals surface area contributed by atoms with Gasteiger partial charge in [-0.15, -0.1) is 0 Å². The van der Waals surface area contributed by atoms with Gasteiger partial charge in [0.2, 0.25) is 11.7 Å². The number of rotatable bonds is 11. The predicted molar refractivity (Wildman–Crippen MR) is 170 cm³/mol. The van der Waals surface area contributed by atoms with Crippen LogP contribution in [-0.4, -0.2) is 51.2 Å². The molecule has 1 atom stereocenters. The zero-order chi connectivity index (χ0) is 34.8. The average Bonchev–Trinajstić information content (AvgIpc) is 2.97. The van der Waals surface area contributed by atoms with Crippen molar-refractivity contribution >= 4 is 34.9 Å². The number of nitrogens with two attached hydrogens (primary N) is 2. The van der Waals surface area contributed by atoms with Crippen LogP contribution in [0.3, 0.4) is 0 Å². The smallest absolute Gasteiger partial charge is 0.399 e. The van der Waals surface area contributed by atoms with Crippen LogP contribution in [0, 0.1) is 5.41 Å². The number of benzene rings is 2. The molecule has 1 unspecified atom stereocenters. The number of Topliss-reactive ketones (excluding diaryl/α,β-unsaturated/α-hetero) is 1. The number of nitrogen functional groups attached to an aromatic ring is 2. The van der Waals surface area contributed by atoms with E-state index in [1.807, 2.05) is 27.7 Å². The number of hydrogen-bond acceptors (Lipinski definition) is 8. The Morgan fingerprint density at radius 1 is 1.04 bits per heavy atom. The number of halogens is 3. The highest BCUT2D eigenvalue weighted by Gasteiger charge is 2.33. The van der Waals surface area contributed by atoms with Gasteiger partial charge in [-0.1, -0.05) is 31.2 Å². The van der Waals surface area contributed by atoms with Crippen molar-refractivity contribution in [2.24, 2.45) is 5.73 Å². The number of nitrogens with one attached hydrogen (secondary N) is 4. The molecule has 3 rings (SSSR count). The summed E-state index contributed by atoms with van der Waals surface area (Å²) in [5.41, 5.74) is 14.0. The van der Waals surface area contributed by atoms with Crippen molar-refractivity contribution in [2.75, 3.05) is 11.1 Å². The van der Waals surface area contributed by atoms with Crippen LogP contribution >= 0.6 is 0 Å². The average molecular weight is 645 g/mol. The Kier molecular flexibility index (Phi) is 13.0. The van der Waals surface area contributed by atoms with E-state index < -0.39 is 23.4 Å². The molecule has 2 aromatic carbocycles. The van der Waals surface area contributed by atoms with Crippen molar-refractivity contribution in [3.63, 3.8) is 0 Å². The largest absolute Gasteiger partial charge is 0.449 e. The molecule has 3 aromatic rings. The minimum Gasteiger partial charge on any atom is -0.399 e. The second-order valence-corrected chi connectivity index (χ2v) is 10.8. The summed E-state index contributed by atoms with van der Waals surface area (Å²) in [5, 5.41) is 16.2. The molecule has 248 valence electrons. The highest BCUT2D eigenvalue weighted by Crippen LogP contribution is 2.24. The molecule has 0 saturated carbocycles. The minimum absolute atomic E-state index is 0.0222. The minimum atomic E-state index is -4.64. The highest BCUT2D eigenvalue weighted by atomic mass is 19.4. The van der Waals surface area contributed by atoms with Crippen LogP contribution in [-0.2, 0) is 22.7 Å². The monoisotopic (exact) mass is 644 g/mol. The van der Waals surface area contributed by atoms with Crippen molar-refractivity contribution < 1.29 is 27.6 Å². The van der Waals surface area contributed by atoms with Crippen LogP contribution in [0.4, 0.5) is 24.7 Å². The summed E-state index contributed by atoms with van der Waals surface area (Å²) >= 11 is 0. The maximum absolute atomic E-state index is 13.4. The van der Waals surface area contributed by atoms with Gasteiger partial charge in [0, 0.05) is 47.9 Å². The molecule has 2 amide bonds. The lowest BCUT2D eigenvalue weighted by Gasteiger charge is -2.17. The Labute approximate surface area is 264 Å². The first-order valence-corrected chi connectivity index (χ1v) is 14.3. The standard InChI is InChI=1S/C28H36N8O3.C3H3F3O/c1-5-17(4)35-27(38)21-10-20(11-22(29)12-21)23-14-33-26(34-16(2)3)28(39)36(23)15-24(37)32-13-18-6-8-19(9-7-18)25(30)31;1-2(7)3(4,5)6/h6-12,14,16-17H,5,13,15,29H2,1-4H3,(H3,30,31)(H,32,37)(H,33,34)(H,35,38);1H3. The van der Waals surface area contributed by atoms with Crippen LogP contribution in [0.25, 0.3) is 11.3 Å². The number of carbonyl (C=O) groups excluding carboxylic acids is 3. The van der Waals surface area contributed by atoms with Crippen molar-refractivity contribution in [2.45, 2.75) is 72.4 Å². The zero-order valence-corrected chi connectivity index (χ0v) is 26.2. The second-order valence-electron chi connectivity index (χ2n) is 10.8. The number of aromatic nitrogens is 2. The molecule has 0 bridgehead atoms. The van der Waals surface area contributed by atoms with Gasteiger partial charge in [-0.05, 0) is 51.0 Å². The van der Waals surface area contributed by atoms with E-state index in [1.54, 1.807) is 42.5 Å². The fourth-order valence-electron chi connectivity index (χ4n) is 3.79. The van der Waals surface area contributed by atoms with Gasteiger partial charge in [-0.3, -0.25) is 29.2 Å². The summed E-state index contributed by atoms with van der Waals surface area (Å²) in [6.45, 7) is 8.06. The number of amides is 2. The van der Waals surface area contributed by atoms with Gasteiger partial charge in [0.25, 0.3) is 11.5 Å². The van der Waals surface area contributed by atoms with E-state index in [-0.39, 0.29) is 42.7 Å². The third-order valence-corrected chi connectivity index (χ3v) is 6.44. The first kappa shape index (κ1) is 37.0. The molecule has 1 heterocycles. The maximum atomic E-state index is 13.4. The van der Waals surface area contributed by atoms with Gasteiger partial charge in [0.1, 0.15) is 12.4 Å². The van der Waals surface area contributed by atoms with Gasteiger partial charge in [-0.25, -0.2) is 4.98 Å². The molecular weight excluding hydrogens is 605 g/mol. The Bertz CT molecular complexity index is 1620. The lowest BCUT2D eigenvalue weighted by Crippen LogP contribution is -2.35. The van der Waals surface area contributed by atoms with Crippen LogP contribution in [0.5, 0.6) is 0 Å². The summed E-state index contributed by atoms with van der Waals surface area (Å²) in [6.07, 6.45) is -2.38. The van der Waals surface area contributed by atoms with Crippen molar-refractivity contribution in [3.8, 4) is 11.3 Å². The first-order chi connectivity index (χ1) is 21.4. The molecule has 0 saturated heterocycles. The number of amidine groups is 1. The number of nitrogens with zero attached hydrogens (tertiary/aromatic N) is 2. The van der Waals surface area contributed by atoms with Gasteiger partial charge >= 0.3 is 6.18 Å². The summed E-state index contributed by atoms with van der Waals surface area (Å²) in [4.78, 5) is 52.8. The third-order valence-electron chi connectivity index (χ3n) is 6.44. The quantitative estimate of drug-likeness (QED) is 0.103. The van der Waals surface area contributed by atoms with E-state index in [0.29, 0.717) is 35.0 Å². The molecule has 0 spiro atoms. The lowest BCUT2D eigenvalue weighted by molar-refractivity contribution is -0.168. The zero-order valence-electron chi connectivity index (χ0n) is 26.2. The third kappa shape index (κ3) is 11.1. The molecule has 0 aliphatic carbocycles. The van der Waals surface area contributed by atoms with Gasteiger partial charge in [0.05, 0.1) is 11.9 Å². The number of anilines is 2.